The molecule has 0 aliphatic heterocycles. The summed E-state index contributed by atoms with van der Waals surface area (Å²) in [5, 5.41) is 22.7. The summed E-state index contributed by atoms with van der Waals surface area (Å²) in [5.74, 6) is 0.403. The van der Waals surface area contributed by atoms with Crippen molar-refractivity contribution in [2.75, 3.05) is 12.4 Å². The third-order valence-electron chi connectivity index (χ3n) is 2.93. The fourth-order valence-corrected chi connectivity index (χ4v) is 1.89. The van der Waals surface area contributed by atoms with Crippen molar-refractivity contribution in [1.29, 1.82) is 5.26 Å². The minimum atomic E-state index is -0.470. The first-order valence-corrected chi connectivity index (χ1v) is 6.19. The van der Waals surface area contributed by atoms with Crippen molar-refractivity contribution in [1.82, 2.24) is 0 Å². The Morgan fingerprint density at radius 3 is 2.81 bits per heavy atom. The molecule has 2 aromatic carbocycles. The number of hydrogen-bond acceptors (Lipinski definition) is 5. The Labute approximate surface area is 121 Å². The highest BCUT2D eigenvalue weighted by molar-refractivity contribution is 5.60. The quantitative estimate of drug-likeness (QED) is 0.673. The zero-order chi connectivity index (χ0) is 15.2. The highest BCUT2D eigenvalue weighted by Gasteiger charge is 2.11. The van der Waals surface area contributed by atoms with E-state index in [1.807, 2.05) is 12.1 Å². The molecule has 21 heavy (non-hydrogen) atoms. The minimum absolute atomic E-state index is 0.0242. The first-order valence-electron chi connectivity index (χ1n) is 6.19. The van der Waals surface area contributed by atoms with Gasteiger partial charge < -0.3 is 10.1 Å². The summed E-state index contributed by atoms with van der Waals surface area (Å²) >= 11 is 0. The molecule has 0 bridgehead atoms. The highest BCUT2D eigenvalue weighted by atomic mass is 16.6. The molecule has 0 radical (unpaired) electrons. The van der Waals surface area contributed by atoms with Gasteiger partial charge in [0.2, 0.25) is 0 Å². The number of hydrogen-bond donors (Lipinski definition) is 1. The number of methoxy groups -OCH3 is 1. The summed E-state index contributed by atoms with van der Waals surface area (Å²) in [5.41, 5.74) is 2.16. The predicted molar refractivity (Wildman–Crippen MR) is 78.1 cm³/mol. The van der Waals surface area contributed by atoms with E-state index < -0.39 is 4.92 Å². The van der Waals surface area contributed by atoms with Crippen LogP contribution in [0.1, 0.15) is 11.1 Å². The lowest BCUT2D eigenvalue weighted by molar-refractivity contribution is -0.384. The second-order valence-electron chi connectivity index (χ2n) is 4.31. The number of nitro groups is 1. The van der Waals surface area contributed by atoms with Crippen molar-refractivity contribution in [3.05, 3.63) is 63.7 Å². The summed E-state index contributed by atoms with van der Waals surface area (Å²) in [7, 11) is 1.46. The molecule has 0 heterocycles. The second kappa shape index (κ2) is 6.39. The van der Waals surface area contributed by atoms with E-state index in [2.05, 4.69) is 11.4 Å². The van der Waals surface area contributed by atoms with Crippen molar-refractivity contribution < 1.29 is 9.66 Å². The van der Waals surface area contributed by atoms with Gasteiger partial charge in [-0.25, -0.2) is 0 Å². The monoisotopic (exact) mass is 283 g/mol. The van der Waals surface area contributed by atoms with Crippen LogP contribution in [0.3, 0.4) is 0 Å². The maximum Gasteiger partial charge on any atom is 0.273 e. The van der Waals surface area contributed by atoms with Gasteiger partial charge in [0.15, 0.2) is 0 Å². The highest BCUT2D eigenvalue weighted by Crippen LogP contribution is 2.29. The average Bonchev–Trinajstić information content (AvgIpc) is 2.52. The maximum absolute atomic E-state index is 10.7. The van der Waals surface area contributed by atoms with E-state index >= 15 is 0 Å². The Kier molecular flexibility index (Phi) is 4.36. The van der Waals surface area contributed by atoms with Crippen molar-refractivity contribution in [3.8, 4) is 11.8 Å². The van der Waals surface area contributed by atoms with Crippen LogP contribution >= 0.6 is 0 Å². The summed E-state index contributed by atoms with van der Waals surface area (Å²) < 4.78 is 5.15. The molecule has 2 aromatic rings. The van der Waals surface area contributed by atoms with Crippen LogP contribution < -0.4 is 10.1 Å². The van der Waals surface area contributed by atoms with Crippen LogP contribution in [0, 0.1) is 21.4 Å². The Bertz CT molecular complexity index is 708. The van der Waals surface area contributed by atoms with Gasteiger partial charge >= 0.3 is 0 Å². The molecule has 6 heteroatoms. The molecule has 6 nitrogen and oxygen atoms in total. The number of benzene rings is 2. The Hall–Kier alpha value is -3.07. The molecule has 2 rings (SSSR count). The lowest BCUT2D eigenvalue weighted by Gasteiger charge is -2.11. The summed E-state index contributed by atoms with van der Waals surface area (Å²) in [6.45, 7) is 0.490. The van der Waals surface area contributed by atoms with Crippen LogP contribution in [-0.4, -0.2) is 12.0 Å². The van der Waals surface area contributed by atoms with Gasteiger partial charge in [-0.15, -0.1) is 0 Å². The zero-order valence-electron chi connectivity index (χ0n) is 11.4. The lowest BCUT2D eigenvalue weighted by atomic mass is 10.1. The predicted octanol–water partition coefficient (Wildman–Crippen LogP) is 3.09. The fraction of sp³-hybridized carbons (Fsp3) is 0.133. The van der Waals surface area contributed by atoms with Gasteiger partial charge in [-0.1, -0.05) is 12.1 Å². The summed E-state index contributed by atoms with van der Waals surface area (Å²) in [4.78, 5) is 10.3. The number of ether oxygens (including phenoxy) is 1. The van der Waals surface area contributed by atoms with E-state index in [0.29, 0.717) is 23.5 Å². The van der Waals surface area contributed by atoms with Crippen LogP contribution in [-0.2, 0) is 6.54 Å². The number of nitro benzene ring substituents is 1. The van der Waals surface area contributed by atoms with E-state index in [-0.39, 0.29) is 5.69 Å². The van der Waals surface area contributed by atoms with Gasteiger partial charge in [-0.2, -0.15) is 5.26 Å². The second-order valence-corrected chi connectivity index (χ2v) is 4.31. The molecule has 0 spiro atoms. The number of nitriles is 1. The zero-order valence-corrected chi connectivity index (χ0v) is 11.4. The molecule has 0 unspecified atom stereocenters. The molecule has 0 aliphatic rings. The van der Waals surface area contributed by atoms with Gasteiger partial charge in [-0.3, -0.25) is 10.1 Å². The standard InChI is InChI=1S/C15H13N3O3/c1-21-15-8-13(18(19)20)5-6-14(15)17-10-12-4-2-3-11(7-12)9-16/h2-8,17H,10H2,1H3. The largest absolute Gasteiger partial charge is 0.494 e. The summed E-state index contributed by atoms with van der Waals surface area (Å²) in [6, 6.07) is 13.7. The van der Waals surface area contributed by atoms with Crippen LogP contribution in [0.4, 0.5) is 11.4 Å². The molecular weight excluding hydrogens is 270 g/mol. The Morgan fingerprint density at radius 2 is 2.14 bits per heavy atom. The van der Waals surface area contributed by atoms with Crippen molar-refractivity contribution in [2.24, 2.45) is 0 Å². The van der Waals surface area contributed by atoms with E-state index in [4.69, 9.17) is 10.00 Å². The third-order valence-corrected chi connectivity index (χ3v) is 2.93. The number of rotatable bonds is 5. The first-order chi connectivity index (χ1) is 10.1. The molecular formula is C15H13N3O3. The van der Waals surface area contributed by atoms with Gasteiger partial charge in [0, 0.05) is 12.6 Å². The van der Waals surface area contributed by atoms with E-state index in [1.54, 1.807) is 18.2 Å². The molecule has 0 saturated carbocycles. The smallest absolute Gasteiger partial charge is 0.273 e. The van der Waals surface area contributed by atoms with Gasteiger partial charge in [0.05, 0.1) is 35.4 Å². The molecule has 0 fully saturated rings. The van der Waals surface area contributed by atoms with Crippen molar-refractivity contribution in [2.45, 2.75) is 6.54 Å². The van der Waals surface area contributed by atoms with E-state index in [1.165, 1.54) is 19.2 Å². The molecule has 0 aliphatic carbocycles. The van der Waals surface area contributed by atoms with Gasteiger partial charge in [0.1, 0.15) is 5.75 Å². The van der Waals surface area contributed by atoms with Crippen molar-refractivity contribution in [3.63, 3.8) is 0 Å². The Balaban J connectivity index is 2.16. The van der Waals surface area contributed by atoms with Crippen LogP contribution in [0.5, 0.6) is 5.75 Å². The van der Waals surface area contributed by atoms with E-state index in [9.17, 15) is 10.1 Å². The first kappa shape index (κ1) is 14.3. The molecule has 106 valence electrons. The molecule has 1 N–H and O–H groups in total. The number of non-ortho nitro benzene ring substituents is 1. The fourth-order valence-electron chi connectivity index (χ4n) is 1.89. The molecule has 0 aromatic heterocycles. The third kappa shape index (κ3) is 3.48. The van der Waals surface area contributed by atoms with Gasteiger partial charge in [-0.05, 0) is 23.8 Å². The Morgan fingerprint density at radius 1 is 1.33 bits per heavy atom. The van der Waals surface area contributed by atoms with E-state index in [0.717, 1.165) is 5.56 Å². The summed E-state index contributed by atoms with van der Waals surface area (Å²) in [6.07, 6.45) is 0. The van der Waals surface area contributed by atoms with Crippen LogP contribution in [0.15, 0.2) is 42.5 Å². The average molecular weight is 283 g/mol. The number of nitrogens with one attached hydrogen (secondary N) is 1. The topological polar surface area (TPSA) is 88.2 Å². The van der Waals surface area contributed by atoms with Crippen LogP contribution in [0.2, 0.25) is 0 Å². The van der Waals surface area contributed by atoms with Crippen molar-refractivity contribution >= 4 is 11.4 Å². The van der Waals surface area contributed by atoms with Gasteiger partial charge in [0.25, 0.3) is 5.69 Å². The number of nitrogens with zero attached hydrogens (tertiary/aromatic N) is 2. The molecule has 0 amide bonds. The SMILES string of the molecule is COc1cc([N+](=O)[O-])ccc1NCc1cccc(C#N)c1. The molecule has 0 saturated heterocycles. The molecule has 0 atom stereocenters. The maximum atomic E-state index is 10.7. The normalized spacial score (nSPS) is 9.71. The lowest BCUT2D eigenvalue weighted by Crippen LogP contribution is -2.02. The number of anilines is 1. The minimum Gasteiger partial charge on any atom is -0.494 e. The van der Waals surface area contributed by atoms with Crippen LogP contribution in [0.25, 0.3) is 0 Å².